The predicted octanol–water partition coefficient (Wildman–Crippen LogP) is 6.68. The summed E-state index contributed by atoms with van der Waals surface area (Å²) < 4.78 is 6.30. The Hall–Kier alpha value is -2.77. The molecule has 0 radical (unpaired) electrons. The summed E-state index contributed by atoms with van der Waals surface area (Å²) in [6, 6.07) is 26.6. The average molecular weight is 359 g/mol. The molecular formula is C24H19ClO. The second-order valence-corrected chi connectivity index (χ2v) is 6.90. The molecule has 0 N–H and O–H groups in total. The molecular weight excluding hydrogens is 340 g/mol. The van der Waals surface area contributed by atoms with Crippen molar-refractivity contribution in [1.29, 1.82) is 0 Å². The number of hydrogen-bond donors (Lipinski definition) is 0. The molecule has 0 aromatic heterocycles. The first-order chi connectivity index (χ1) is 12.6. The van der Waals surface area contributed by atoms with E-state index in [2.05, 4.69) is 43.8 Å². The van der Waals surface area contributed by atoms with E-state index in [9.17, 15) is 0 Å². The van der Waals surface area contributed by atoms with E-state index in [1.165, 1.54) is 5.56 Å². The first kappa shape index (κ1) is 16.7. The van der Waals surface area contributed by atoms with E-state index in [0.29, 0.717) is 10.8 Å². The Labute approximate surface area is 159 Å². The van der Waals surface area contributed by atoms with E-state index < -0.39 is 0 Å². The molecule has 0 amide bonds. The topological polar surface area (TPSA) is 9.23 Å². The van der Waals surface area contributed by atoms with Crippen LogP contribution in [0, 0.1) is 6.92 Å². The monoisotopic (exact) mass is 358 g/mol. The number of ether oxygens (including phenoxy) is 1. The van der Waals surface area contributed by atoms with Crippen LogP contribution < -0.4 is 4.74 Å². The van der Waals surface area contributed by atoms with E-state index in [1.54, 1.807) is 0 Å². The van der Waals surface area contributed by atoms with E-state index >= 15 is 0 Å². The minimum Gasteiger partial charge on any atom is -0.455 e. The lowest BCUT2D eigenvalue weighted by Gasteiger charge is -2.19. The molecule has 0 unspecified atom stereocenters. The van der Waals surface area contributed by atoms with Crippen molar-refractivity contribution in [3.63, 3.8) is 0 Å². The van der Waals surface area contributed by atoms with Gasteiger partial charge in [0.15, 0.2) is 5.76 Å². The molecule has 3 aromatic carbocycles. The van der Waals surface area contributed by atoms with Gasteiger partial charge in [0.1, 0.15) is 5.75 Å². The second kappa shape index (κ2) is 6.86. The van der Waals surface area contributed by atoms with Gasteiger partial charge in [-0.25, -0.2) is 0 Å². The lowest BCUT2D eigenvalue weighted by Crippen LogP contribution is -2.03. The lowest BCUT2D eigenvalue weighted by atomic mass is 9.85. The fourth-order valence-electron chi connectivity index (χ4n) is 3.34. The van der Waals surface area contributed by atoms with Crippen LogP contribution >= 0.6 is 11.6 Å². The molecule has 0 saturated carbocycles. The molecule has 1 atom stereocenters. The van der Waals surface area contributed by atoms with Gasteiger partial charge in [-0.15, -0.1) is 0 Å². The summed E-state index contributed by atoms with van der Waals surface area (Å²) in [6.45, 7) is 6.40. The molecule has 0 saturated heterocycles. The summed E-state index contributed by atoms with van der Waals surface area (Å²) in [7, 11) is 0. The Morgan fingerprint density at radius 1 is 0.846 bits per heavy atom. The van der Waals surface area contributed by atoms with E-state index in [1.807, 2.05) is 48.5 Å². The van der Waals surface area contributed by atoms with E-state index in [4.69, 9.17) is 16.3 Å². The largest absolute Gasteiger partial charge is 0.455 e. The number of benzene rings is 3. The maximum atomic E-state index is 6.80. The number of aryl methyl sites for hydroxylation is 1. The van der Waals surface area contributed by atoms with Gasteiger partial charge < -0.3 is 4.74 Å². The molecule has 2 heteroatoms. The van der Waals surface area contributed by atoms with Crippen LogP contribution in [0.4, 0.5) is 0 Å². The number of fused-ring (bicyclic) bond motifs is 1. The van der Waals surface area contributed by atoms with Gasteiger partial charge in [0.2, 0.25) is 0 Å². The lowest BCUT2D eigenvalue weighted by molar-refractivity contribution is 0.510. The fourth-order valence-corrected chi connectivity index (χ4v) is 3.60. The first-order valence-corrected chi connectivity index (χ1v) is 9.00. The highest BCUT2D eigenvalue weighted by molar-refractivity contribution is 6.35. The number of hydrogen-bond acceptors (Lipinski definition) is 1. The van der Waals surface area contributed by atoms with Crippen LogP contribution in [0.25, 0.3) is 5.76 Å². The van der Waals surface area contributed by atoms with Crippen molar-refractivity contribution in [1.82, 2.24) is 0 Å². The third-order valence-electron chi connectivity index (χ3n) is 4.72. The van der Waals surface area contributed by atoms with Crippen molar-refractivity contribution in [2.24, 2.45) is 0 Å². The summed E-state index contributed by atoms with van der Waals surface area (Å²) in [5.74, 6) is 1.43. The first-order valence-electron chi connectivity index (χ1n) is 8.63. The van der Waals surface area contributed by atoms with Gasteiger partial charge in [-0.1, -0.05) is 96.5 Å². The Morgan fingerprint density at radius 3 is 2.23 bits per heavy atom. The van der Waals surface area contributed by atoms with Crippen LogP contribution in [0.5, 0.6) is 5.75 Å². The van der Waals surface area contributed by atoms with Gasteiger partial charge in [-0.05, 0) is 24.1 Å². The SMILES string of the molecule is C=C1C(Cl)=C(c2ccc(C)cc2)Oc2ccccc2[C@H]1c1ccccc1. The summed E-state index contributed by atoms with van der Waals surface area (Å²) in [4.78, 5) is 0. The third-order valence-corrected chi connectivity index (χ3v) is 5.13. The molecule has 128 valence electrons. The van der Waals surface area contributed by atoms with Gasteiger partial charge in [0.05, 0.1) is 5.03 Å². The normalized spacial score (nSPS) is 16.7. The highest BCUT2D eigenvalue weighted by Gasteiger charge is 2.29. The predicted molar refractivity (Wildman–Crippen MR) is 108 cm³/mol. The Balaban J connectivity index is 1.91. The molecule has 26 heavy (non-hydrogen) atoms. The quantitative estimate of drug-likeness (QED) is 0.496. The maximum absolute atomic E-state index is 6.80. The third kappa shape index (κ3) is 2.95. The van der Waals surface area contributed by atoms with E-state index in [-0.39, 0.29) is 5.92 Å². The molecule has 1 heterocycles. The van der Waals surface area contributed by atoms with Crippen molar-refractivity contribution < 1.29 is 4.74 Å². The van der Waals surface area contributed by atoms with Crippen molar-refractivity contribution in [2.75, 3.05) is 0 Å². The molecule has 0 bridgehead atoms. The number of para-hydroxylation sites is 1. The molecule has 0 spiro atoms. The molecule has 0 aliphatic carbocycles. The Morgan fingerprint density at radius 2 is 1.50 bits per heavy atom. The molecule has 1 aliphatic rings. The average Bonchev–Trinajstić information content (AvgIpc) is 2.78. The molecule has 3 aromatic rings. The molecule has 0 fully saturated rings. The van der Waals surface area contributed by atoms with Crippen LogP contribution in [-0.4, -0.2) is 0 Å². The highest BCUT2D eigenvalue weighted by atomic mass is 35.5. The molecule has 1 aliphatic heterocycles. The van der Waals surface area contributed by atoms with Gasteiger partial charge in [0, 0.05) is 17.0 Å². The van der Waals surface area contributed by atoms with Crippen LogP contribution in [0.3, 0.4) is 0 Å². The number of rotatable bonds is 2. The zero-order valence-electron chi connectivity index (χ0n) is 14.6. The zero-order chi connectivity index (χ0) is 18.1. The smallest absolute Gasteiger partial charge is 0.153 e. The second-order valence-electron chi connectivity index (χ2n) is 6.52. The van der Waals surface area contributed by atoms with Crippen molar-refractivity contribution in [3.8, 4) is 5.75 Å². The minimum absolute atomic E-state index is 0.0390. The van der Waals surface area contributed by atoms with Crippen molar-refractivity contribution >= 4 is 17.4 Å². The highest BCUT2D eigenvalue weighted by Crippen LogP contribution is 2.46. The van der Waals surface area contributed by atoms with Crippen LogP contribution in [0.1, 0.15) is 28.2 Å². The van der Waals surface area contributed by atoms with E-state index in [0.717, 1.165) is 28.0 Å². The molecule has 1 nitrogen and oxygen atoms in total. The van der Waals surface area contributed by atoms with Crippen molar-refractivity contribution in [3.05, 3.63) is 118 Å². The summed E-state index contributed by atoms with van der Waals surface area (Å²) in [5.41, 5.74) is 5.21. The summed E-state index contributed by atoms with van der Waals surface area (Å²) >= 11 is 6.80. The van der Waals surface area contributed by atoms with Crippen LogP contribution in [-0.2, 0) is 0 Å². The van der Waals surface area contributed by atoms with Crippen molar-refractivity contribution in [2.45, 2.75) is 12.8 Å². The van der Waals surface area contributed by atoms with Gasteiger partial charge >= 0.3 is 0 Å². The van der Waals surface area contributed by atoms with Gasteiger partial charge in [-0.3, -0.25) is 0 Å². The zero-order valence-corrected chi connectivity index (χ0v) is 15.3. The fraction of sp³-hybridized carbons (Fsp3) is 0.0833. The Bertz CT molecular complexity index is 984. The maximum Gasteiger partial charge on any atom is 0.153 e. The number of allylic oxidation sites excluding steroid dienone is 2. The number of halogens is 1. The van der Waals surface area contributed by atoms with Gasteiger partial charge in [0.25, 0.3) is 0 Å². The van der Waals surface area contributed by atoms with Crippen LogP contribution in [0.15, 0.2) is 96.0 Å². The molecule has 4 rings (SSSR count). The van der Waals surface area contributed by atoms with Gasteiger partial charge in [-0.2, -0.15) is 0 Å². The standard InChI is InChI=1S/C24H19ClO/c1-16-12-14-19(15-13-16)24-23(25)17(2)22(18-8-4-3-5-9-18)20-10-6-7-11-21(20)26-24/h3-15,22H,2H2,1H3/t22-/m1/s1. The Kier molecular flexibility index (Phi) is 4.40. The summed E-state index contributed by atoms with van der Waals surface area (Å²) in [6.07, 6.45) is 0. The summed E-state index contributed by atoms with van der Waals surface area (Å²) in [5, 5.41) is 0.568. The van der Waals surface area contributed by atoms with Crippen LogP contribution in [0.2, 0.25) is 0 Å². The minimum atomic E-state index is -0.0390.